The molecule has 0 bridgehead atoms. The van der Waals surface area contributed by atoms with Crippen LogP contribution < -0.4 is 4.74 Å². The summed E-state index contributed by atoms with van der Waals surface area (Å²) in [6, 6.07) is 2.81. The summed E-state index contributed by atoms with van der Waals surface area (Å²) in [7, 11) is 1.22. The Morgan fingerprint density at radius 1 is 1.64 bits per heavy atom. The number of nitriles is 1. The number of hydrogen-bond donors (Lipinski definition) is 0. The minimum Gasteiger partial charge on any atom is -0.493 e. The summed E-state index contributed by atoms with van der Waals surface area (Å²) in [4.78, 5) is 3.70. The van der Waals surface area contributed by atoms with Crippen molar-refractivity contribution in [2.75, 3.05) is 7.11 Å². The van der Waals surface area contributed by atoms with Crippen molar-refractivity contribution in [3.8, 4) is 11.8 Å². The maximum absolute atomic E-state index is 12.5. The number of hydrogen-bond acceptors (Lipinski definition) is 3. The van der Waals surface area contributed by atoms with E-state index in [9.17, 15) is 8.78 Å². The molecule has 0 amide bonds. The second-order valence-corrected chi connectivity index (χ2v) is 3.14. The third kappa shape index (κ3) is 1.99. The summed E-state index contributed by atoms with van der Waals surface area (Å²) >= 11 is 2.93. The van der Waals surface area contributed by atoms with Crippen LogP contribution in [0.1, 0.15) is 17.7 Å². The zero-order valence-corrected chi connectivity index (χ0v) is 8.68. The van der Waals surface area contributed by atoms with Crippen molar-refractivity contribution in [2.45, 2.75) is 6.43 Å². The normalized spacial score (nSPS) is 10.0. The molecule has 0 N–H and O–H groups in total. The molecule has 0 aliphatic carbocycles. The molecule has 0 saturated heterocycles. The Bertz CT molecular complexity index is 390. The molecule has 6 heteroatoms. The largest absolute Gasteiger partial charge is 0.493 e. The minimum absolute atomic E-state index is 0.155. The fraction of sp³-hybridized carbons (Fsp3) is 0.250. The van der Waals surface area contributed by atoms with Crippen molar-refractivity contribution in [3.63, 3.8) is 0 Å². The number of pyridine rings is 1. The smallest absolute Gasteiger partial charge is 0.267 e. The molecular weight excluding hydrogens is 258 g/mol. The molecule has 3 nitrogen and oxygen atoms in total. The predicted octanol–water partition coefficient (Wildman–Crippen LogP) is 2.66. The lowest BCUT2D eigenvalue weighted by atomic mass is 10.2. The second-order valence-electron chi connectivity index (χ2n) is 2.33. The van der Waals surface area contributed by atoms with Gasteiger partial charge in [0, 0.05) is 0 Å². The van der Waals surface area contributed by atoms with Crippen LogP contribution in [0, 0.1) is 11.3 Å². The monoisotopic (exact) mass is 262 g/mol. The third-order valence-corrected chi connectivity index (χ3v) is 1.92. The molecule has 0 atom stereocenters. The molecule has 74 valence electrons. The predicted molar refractivity (Wildman–Crippen MR) is 48.2 cm³/mol. The van der Waals surface area contributed by atoms with Crippen LogP contribution in [0.4, 0.5) is 8.78 Å². The summed E-state index contributed by atoms with van der Waals surface area (Å²) < 4.78 is 29.8. The Labute approximate surface area is 87.5 Å². The Balaban J connectivity index is 3.41. The van der Waals surface area contributed by atoms with Gasteiger partial charge in [0.25, 0.3) is 6.43 Å². The maximum Gasteiger partial charge on any atom is 0.267 e. The lowest BCUT2D eigenvalue weighted by Gasteiger charge is -2.08. The van der Waals surface area contributed by atoms with E-state index in [-0.39, 0.29) is 21.6 Å². The Morgan fingerprint density at radius 2 is 2.29 bits per heavy atom. The molecular formula is C8H5BrF2N2O. The molecule has 1 aromatic heterocycles. The number of halogens is 3. The van der Waals surface area contributed by atoms with Gasteiger partial charge in [-0.05, 0) is 22.0 Å². The van der Waals surface area contributed by atoms with Crippen molar-refractivity contribution >= 4 is 15.9 Å². The van der Waals surface area contributed by atoms with Gasteiger partial charge in [0.1, 0.15) is 10.7 Å². The first-order valence-electron chi connectivity index (χ1n) is 3.52. The average Bonchev–Trinajstić information content (AvgIpc) is 2.16. The number of nitrogens with zero attached hydrogens (tertiary/aromatic N) is 2. The summed E-state index contributed by atoms with van der Waals surface area (Å²) in [5, 5.41) is 8.62. The zero-order chi connectivity index (χ0) is 10.7. The fourth-order valence-electron chi connectivity index (χ4n) is 0.973. The highest BCUT2D eigenvalue weighted by Gasteiger charge is 2.19. The lowest BCUT2D eigenvalue weighted by molar-refractivity contribution is 0.146. The van der Waals surface area contributed by atoms with Crippen LogP contribution in [-0.4, -0.2) is 12.1 Å². The molecule has 14 heavy (non-hydrogen) atoms. The van der Waals surface area contributed by atoms with Crippen LogP contribution in [0.5, 0.6) is 5.75 Å². The summed E-state index contributed by atoms with van der Waals surface area (Å²) in [6.07, 6.45) is -2.70. The number of methoxy groups -OCH3 is 1. The van der Waals surface area contributed by atoms with Crippen LogP contribution in [0.25, 0.3) is 0 Å². The first-order chi connectivity index (χ1) is 6.60. The van der Waals surface area contributed by atoms with Gasteiger partial charge in [-0.1, -0.05) is 0 Å². The third-order valence-electron chi connectivity index (χ3n) is 1.52. The van der Waals surface area contributed by atoms with E-state index in [0.29, 0.717) is 0 Å². The van der Waals surface area contributed by atoms with E-state index in [1.807, 2.05) is 0 Å². The SMILES string of the molecule is COc1c(C(F)F)cc(Br)nc1C#N. The standard InChI is InChI=1S/C8H5BrF2N2O/c1-14-7-4(8(10)11)2-6(9)13-5(7)3-12/h2,8H,1H3. The average molecular weight is 263 g/mol. The van der Waals surface area contributed by atoms with Crippen LogP contribution in [0.3, 0.4) is 0 Å². The van der Waals surface area contributed by atoms with Crippen molar-refractivity contribution in [1.29, 1.82) is 5.26 Å². The Morgan fingerprint density at radius 3 is 2.71 bits per heavy atom. The number of ether oxygens (including phenoxy) is 1. The first kappa shape index (κ1) is 10.9. The van der Waals surface area contributed by atoms with Gasteiger partial charge in [0.05, 0.1) is 12.7 Å². The van der Waals surface area contributed by atoms with Crippen LogP contribution in [0.15, 0.2) is 10.7 Å². The van der Waals surface area contributed by atoms with E-state index < -0.39 is 6.43 Å². The van der Waals surface area contributed by atoms with Crippen molar-refractivity contribution in [1.82, 2.24) is 4.98 Å². The van der Waals surface area contributed by atoms with E-state index >= 15 is 0 Å². The van der Waals surface area contributed by atoms with Gasteiger partial charge in [0.2, 0.25) is 0 Å². The van der Waals surface area contributed by atoms with Gasteiger partial charge in [-0.25, -0.2) is 13.8 Å². The molecule has 0 fully saturated rings. The highest BCUT2D eigenvalue weighted by molar-refractivity contribution is 9.10. The topological polar surface area (TPSA) is 45.9 Å². The van der Waals surface area contributed by atoms with Crippen LogP contribution >= 0.6 is 15.9 Å². The van der Waals surface area contributed by atoms with E-state index in [4.69, 9.17) is 10.00 Å². The van der Waals surface area contributed by atoms with Gasteiger partial charge in [-0.2, -0.15) is 5.26 Å². The summed E-state index contributed by atoms with van der Waals surface area (Å²) in [5.74, 6) is -0.175. The molecule has 0 saturated carbocycles. The van der Waals surface area contributed by atoms with Gasteiger partial charge >= 0.3 is 0 Å². The van der Waals surface area contributed by atoms with Gasteiger partial charge < -0.3 is 4.74 Å². The summed E-state index contributed by atoms with van der Waals surface area (Å²) in [6.45, 7) is 0. The maximum atomic E-state index is 12.5. The number of alkyl halides is 2. The Kier molecular flexibility index (Phi) is 3.36. The molecule has 1 heterocycles. The molecule has 0 aliphatic rings. The van der Waals surface area contributed by atoms with Crippen molar-refractivity contribution < 1.29 is 13.5 Å². The first-order valence-corrected chi connectivity index (χ1v) is 4.32. The van der Waals surface area contributed by atoms with E-state index in [1.54, 1.807) is 6.07 Å². The van der Waals surface area contributed by atoms with Crippen LogP contribution in [-0.2, 0) is 0 Å². The van der Waals surface area contributed by atoms with E-state index in [2.05, 4.69) is 20.9 Å². The summed E-state index contributed by atoms with van der Waals surface area (Å²) in [5.41, 5.74) is -0.497. The number of aromatic nitrogens is 1. The fourth-order valence-corrected chi connectivity index (χ4v) is 1.40. The molecule has 0 spiro atoms. The molecule has 1 aromatic rings. The minimum atomic E-state index is -2.70. The van der Waals surface area contributed by atoms with Gasteiger partial charge in [-0.15, -0.1) is 0 Å². The molecule has 0 unspecified atom stereocenters. The highest BCUT2D eigenvalue weighted by atomic mass is 79.9. The number of rotatable bonds is 2. The Hall–Kier alpha value is -1.22. The zero-order valence-electron chi connectivity index (χ0n) is 7.09. The highest BCUT2D eigenvalue weighted by Crippen LogP contribution is 2.32. The van der Waals surface area contributed by atoms with Crippen molar-refractivity contribution in [2.24, 2.45) is 0 Å². The van der Waals surface area contributed by atoms with Crippen LogP contribution in [0.2, 0.25) is 0 Å². The molecule has 0 aliphatic heterocycles. The molecule has 0 radical (unpaired) electrons. The van der Waals surface area contributed by atoms with Gasteiger partial charge in [-0.3, -0.25) is 0 Å². The second kappa shape index (κ2) is 4.33. The van der Waals surface area contributed by atoms with E-state index in [0.717, 1.165) is 6.07 Å². The van der Waals surface area contributed by atoms with Gasteiger partial charge in [0.15, 0.2) is 11.4 Å². The molecule has 0 aromatic carbocycles. The molecule has 1 rings (SSSR count). The lowest BCUT2D eigenvalue weighted by Crippen LogP contribution is -1.98. The van der Waals surface area contributed by atoms with E-state index in [1.165, 1.54) is 7.11 Å². The van der Waals surface area contributed by atoms with Crippen molar-refractivity contribution in [3.05, 3.63) is 21.9 Å². The quantitative estimate of drug-likeness (QED) is 0.770.